The molecule has 110 valence electrons. The van der Waals surface area contributed by atoms with Gasteiger partial charge in [0.15, 0.2) is 5.78 Å². The Kier molecular flexibility index (Phi) is 4.69. The Morgan fingerprint density at radius 1 is 1.14 bits per heavy atom. The van der Waals surface area contributed by atoms with Gasteiger partial charge >= 0.3 is 0 Å². The van der Waals surface area contributed by atoms with E-state index in [4.69, 9.17) is 16.3 Å². The number of rotatable bonds is 4. The first kappa shape index (κ1) is 15.6. The summed E-state index contributed by atoms with van der Waals surface area (Å²) in [7, 11) is 0. The summed E-state index contributed by atoms with van der Waals surface area (Å²) in [6.07, 6.45) is 0.0335. The minimum absolute atomic E-state index is 0.000818. The fourth-order valence-electron chi connectivity index (χ4n) is 2.28. The normalized spacial score (nSPS) is 10.8. The van der Waals surface area contributed by atoms with Gasteiger partial charge in [-0.2, -0.15) is 0 Å². The molecule has 0 N–H and O–H groups in total. The molecule has 0 amide bonds. The van der Waals surface area contributed by atoms with Crippen molar-refractivity contribution in [2.24, 2.45) is 0 Å². The molecule has 0 bridgehead atoms. The van der Waals surface area contributed by atoms with Crippen LogP contribution in [0.3, 0.4) is 0 Å². The third kappa shape index (κ3) is 3.64. The second-order valence-corrected chi connectivity index (χ2v) is 5.83. The Hall–Kier alpha value is -1.80. The van der Waals surface area contributed by atoms with Crippen LogP contribution >= 0.6 is 11.6 Å². The van der Waals surface area contributed by atoms with E-state index in [1.165, 1.54) is 0 Å². The molecular weight excluding hydrogens is 284 g/mol. The highest BCUT2D eigenvalue weighted by Gasteiger charge is 2.13. The minimum Gasteiger partial charge on any atom is -0.490 e. The van der Waals surface area contributed by atoms with E-state index in [1.807, 2.05) is 57.2 Å². The number of hydrogen-bond donors (Lipinski definition) is 0. The van der Waals surface area contributed by atoms with Crippen molar-refractivity contribution in [3.8, 4) is 16.9 Å². The Labute approximate surface area is 130 Å². The number of ether oxygens (including phenoxy) is 1. The summed E-state index contributed by atoms with van der Waals surface area (Å²) in [6.45, 7) is 7.45. The first-order chi connectivity index (χ1) is 9.88. The number of carbonyl (C=O) groups excluding carboxylic acids is 1. The first-order valence-electron chi connectivity index (χ1n) is 6.96. The van der Waals surface area contributed by atoms with Crippen LogP contribution in [0.15, 0.2) is 36.4 Å². The summed E-state index contributed by atoms with van der Waals surface area (Å²) in [4.78, 5) is 11.9. The topological polar surface area (TPSA) is 26.3 Å². The van der Waals surface area contributed by atoms with Crippen LogP contribution in [0, 0.1) is 6.92 Å². The molecule has 0 saturated heterocycles. The fourth-order valence-corrected chi connectivity index (χ4v) is 2.51. The standard InChI is InChI=1S/C18H19ClO2/c1-11(2)21-18-8-5-14(10-17(18)13(4)20)16-7-6-15(19)9-12(16)3/h5-11H,1-4H3. The van der Waals surface area contributed by atoms with E-state index in [1.54, 1.807) is 6.92 Å². The number of carbonyl (C=O) groups is 1. The molecule has 2 aromatic carbocycles. The summed E-state index contributed by atoms with van der Waals surface area (Å²) in [5.41, 5.74) is 3.74. The fraction of sp³-hybridized carbons (Fsp3) is 0.278. The van der Waals surface area contributed by atoms with Crippen LogP contribution in [0.1, 0.15) is 36.7 Å². The van der Waals surface area contributed by atoms with Crippen molar-refractivity contribution < 1.29 is 9.53 Å². The predicted molar refractivity (Wildman–Crippen MR) is 87.4 cm³/mol. The van der Waals surface area contributed by atoms with Gasteiger partial charge in [0, 0.05) is 5.02 Å². The van der Waals surface area contributed by atoms with Gasteiger partial charge in [-0.25, -0.2) is 0 Å². The Bertz CT molecular complexity index is 675. The SMILES string of the molecule is CC(=O)c1cc(-c2ccc(Cl)cc2C)ccc1OC(C)C. The molecule has 0 fully saturated rings. The Morgan fingerprint density at radius 3 is 2.43 bits per heavy atom. The van der Waals surface area contributed by atoms with Gasteiger partial charge in [0.25, 0.3) is 0 Å². The van der Waals surface area contributed by atoms with E-state index in [2.05, 4.69) is 0 Å². The summed E-state index contributed by atoms with van der Waals surface area (Å²) < 4.78 is 5.70. The molecule has 0 aromatic heterocycles. The van der Waals surface area contributed by atoms with Crippen LogP contribution in [-0.4, -0.2) is 11.9 Å². The highest BCUT2D eigenvalue weighted by molar-refractivity contribution is 6.30. The maximum Gasteiger partial charge on any atom is 0.163 e. The van der Waals surface area contributed by atoms with Crippen molar-refractivity contribution in [3.05, 3.63) is 52.5 Å². The second kappa shape index (κ2) is 6.31. The molecule has 21 heavy (non-hydrogen) atoms. The maximum atomic E-state index is 11.9. The molecule has 0 aliphatic carbocycles. The second-order valence-electron chi connectivity index (χ2n) is 5.39. The van der Waals surface area contributed by atoms with Crippen molar-refractivity contribution in [2.75, 3.05) is 0 Å². The van der Waals surface area contributed by atoms with Crippen LogP contribution in [-0.2, 0) is 0 Å². The zero-order valence-electron chi connectivity index (χ0n) is 12.7. The average molecular weight is 303 g/mol. The third-order valence-electron chi connectivity index (χ3n) is 3.22. The predicted octanol–water partition coefficient (Wildman–Crippen LogP) is 5.31. The zero-order chi connectivity index (χ0) is 15.6. The molecular formula is C18H19ClO2. The number of benzene rings is 2. The highest BCUT2D eigenvalue weighted by atomic mass is 35.5. The largest absolute Gasteiger partial charge is 0.490 e. The van der Waals surface area contributed by atoms with Gasteiger partial charge in [-0.1, -0.05) is 23.7 Å². The van der Waals surface area contributed by atoms with Crippen LogP contribution in [0.25, 0.3) is 11.1 Å². The van der Waals surface area contributed by atoms with Crippen LogP contribution in [0.4, 0.5) is 0 Å². The third-order valence-corrected chi connectivity index (χ3v) is 3.46. The highest BCUT2D eigenvalue weighted by Crippen LogP contribution is 2.30. The van der Waals surface area contributed by atoms with Gasteiger partial charge in [-0.15, -0.1) is 0 Å². The van der Waals surface area contributed by atoms with Gasteiger partial charge in [0.05, 0.1) is 11.7 Å². The van der Waals surface area contributed by atoms with Crippen molar-refractivity contribution in [2.45, 2.75) is 33.8 Å². The smallest absolute Gasteiger partial charge is 0.163 e. The average Bonchev–Trinajstić information content (AvgIpc) is 2.38. The molecule has 3 heteroatoms. The lowest BCUT2D eigenvalue weighted by atomic mass is 9.97. The molecule has 2 rings (SSSR count). The quantitative estimate of drug-likeness (QED) is 0.716. The van der Waals surface area contributed by atoms with E-state index in [0.717, 1.165) is 16.7 Å². The van der Waals surface area contributed by atoms with E-state index in [-0.39, 0.29) is 11.9 Å². The monoisotopic (exact) mass is 302 g/mol. The van der Waals surface area contributed by atoms with Gasteiger partial charge in [-0.05, 0) is 68.7 Å². The van der Waals surface area contributed by atoms with E-state index in [0.29, 0.717) is 16.3 Å². The van der Waals surface area contributed by atoms with Crippen LogP contribution in [0.2, 0.25) is 5.02 Å². The molecule has 2 nitrogen and oxygen atoms in total. The first-order valence-corrected chi connectivity index (χ1v) is 7.34. The molecule has 0 heterocycles. The molecule has 0 aliphatic rings. The molecule has 0 radical (unpaired) electrons. The Balaban J connectivity index is 2.51. The lowest BCUT2D eigenvalue weighted by Gasteiger charge is -2.15. The molecule has 0 unspecified atom stereocenters. The van der Waals surface area contributed by atoms with Crippen molar-refractivity contribution in [3.63, 3.8) is 0 Å². The lowest BCUT2D eigenvalue weighted by Crippen LogP contribution is -2.09. The number of hydrogen-bond acceptors (Lipinski definition) is 2. The number of ketones is 1. The van der Waals surface area contributed by atoms with Gasteiger partial charge in [-0.3, -0.25) is 4.79 Å². The molecule has 0 saturated carbocycles. The maximum absolute atomic E-state index is 11.9. The zero-order valence-corrected chi connectivity index (χ0v) is 13.5. The van der Waals surface area contributed by atoms with E-state index < -0.39 is 0 Å². The Morgan fingerprint density at radius 2 is 1.86 bits per heavy atom. The van der Waals surface area contributed by atoms with Gasteiger partial charge < -0.3 is 4.74 Å². The summed E-state index contributed by atoms with van der Waals surface area (Å²) in [5.74, 6) is 0.631. The number of halogens is 1. The summed E-state index contributed by atoms with van der Waals surface area (Å²) >= 11 is 5.99. The van der Waals surface area contributed by atoms with Crippen LogP contribution in [0.5, 0.6) is 5.75 Å². The van der Waals surface area contributed by atoms with Crippen molar-refractivity contribution in [1.82, 2.24) is 0 Å². The molecule has 0 atom stereocenters. The number of aryl methyl sites for hydroxylation is 1. The molecule has 0 spiro atoms. The van der Waals surface area contributed by atoms with E-state index >= 15 is 0 Å². The van der Waals surface area contributed by atoms with Gasteiger partial charge in [0.1, 0.15) is 5.75 Å². The van der Waals surface area contributed by atoms with Crippen LogP contribution < -0.4 is 4.74 Å². The lowest BCUT2D eigenvalue weighted by molar-refractivity contribution is 0.101. The summed E-state index contributed by atoms with van der Waals surface area (Å²) in [5, 5.41) is 0.711. The minimum atomic E-state index is -0.000818. The van der Waals surface area contributed by atoms with Crippen molar-refractivity contribution in [1.29, 1.82) is 0 Å². The summed E-state index contributed by atoms with van der Waals surface area (Å²) in [6, 6.07) is 11.5. The van der Waals surface area contributed by atoms with Gasteiger partial charge in [0.2, 0.25) is 0 Å². The molecule has 2 aromatic rings. The number of Topliss-reactive ketones (excluding diaryl/α,β-unsaturated/α-hetero) is 1. The molecule has 0 aliphatic heterocycles. The van der Waals surface area contributed by atoms with Crippen molar-refractivity contribution >= 4 is 17.4 Å². The van der Waals surface area contributed by atoms with E-state index in [9.17, 15) is 4.79 Å².